The van der Waals surface area contributed by atoms with Gasteiger partial charge in [0.05, 0.1) is 18.2 Å². The Balaban J connectivity index is 1.54. The van der Waals surface area contributed by atoms with Crippen LogP contribution in [0.25, 0.3) is 16.7 Å². The van der Waals surface area contributed by atoms with E-state index in [1.807, 2.05) is 61.7 Å². The van der Waals surface area contributed by atoms with E-state index in [1.165, 1.54) is 0 Å². The molecular weight excluding hydrogens is 520 g/mol. The van der Waals surface area contributed by atoms with Crippen molar-refractivity contribution in [3.63, 3.8) is 0 Å². The van der Waals surface area contributed by atoms with Gasteiger partial charge in [0.1, 0.15) is 11.5 Å². The van der Waals surface area contributed by atoms with E-state index < -0.39 is 17.7 Å². The molecule has 5 rings (SSSR count). The highest BCUT2D eigenvalue weighted by molar-refractivity contribution is 9.10. The number of hydrogen-bond acceptors (Lipinski definition) is 4. The topological polar surface area (TPSA) is 82.6 Å². The summed E-state index contributed by atoms with van der Waals surface area (Å²) in [5.41, 5.74) is 3.38. The lowest BCUT2D eigenvalue weighted by molar-refractivity contribution is -0.139. The third-order valence-corrected chi connectivity index (χ3v) is 6.99. The number of para-hydroxylation sites is 1. The van der Waals surface area contributed by atoms with Gasteiger partial charge in [0.25, 0.3) is 11.7 Å². The number of nitrogens with one attached hydrogen (secondary N) is 1. The zero-order valence-electron chi connectivity index (χ0n) is 19.7. The van der Waals surface area contributed by atoms with Gasteiger partial charge in [-0.1, -0.05) is 46.3 Å². The van der Waals surface area contributed by atoms with Crippen LogP contribution < -0.4 is 4.74 Å². The second-order valence-electron chi connectivity index (χ2n) is 8.61. The number of likely N-dealkylation sites (tertiary alicyclic amines) is 1. The van der Waals surface area contributed by atoms with Gasteiger partial charge >= 0.3 is 0 Å². The van der Waals surface area contributed by atoms with Crippen LogP contribution in [0.1, 0.15) is 29.7 Å². The quantitative estimate of drug-likeness (QED) is 0.170. The first-order chi connectivity index (χ1) is 17.5. The number of H-pyrrole nitrogens is 1. The molecule has 0 spiro atoms. The molecule has 1 aliphatic heterocycles. The molecule has 4 aromatic rings. The van der Waals surface area contributed by atoms with Crippen molar-refractivity contribution in [1.82, 2.24) is 9.88 Å². The van der Waals surface area contributed by atoms with Crippen molar-refractivity contribution >= 4 is 44.3 Å². The second kappa shape index (κ2) is 10.0. The lowest BCUT2D eigenvalue weighted by atomic mass is 9.95. The highest BCUT2D eigenvalue weighted by atomic mass is 79.9. The molecule has 0 aliphatic carbocycles. The van der Waals surface area contributed by atoms with Gasteiger partial charge in [-0.2, -0.15) is 0 Å². The monoisotopic (exact) mass is 544 g/mol. The van der Waals surface area contributed by atoms with Gasteiger partial charge in [-0.3, -0.25) is 9.59 Å². The summed E-state index contributed by atoms with van der Waals surface area (Å²) in [6.07, 6.45) is 2.50. The number of halogens is 1. The van der Waals surface area contributed by atoms with Crippen LogP contribution >= 0.6 is 15.9 Å². The minimum absolute atomic E-state index is 0.0883. The van der Waals surface area contributed by atoms with Crippen molar-refractivity contribution in [1.29, 1.82) is 0 Å². The van der Waals surface area contributed by atoms with E-state index in [1.54, 1.807) is 29.2 Å². The summed E-state index contributed by atoms with van der Waals surface area (Å²) in [5.74, 6) is -0.833. The molecule has 0 bridgehead atoms. The number of carbonyl (C=O) groups is 2. The van der Waals surface area contributed by atoms with Crippen molar-refractivity contribution in [2.75, 3.05) is 13.2 Å². The number of aliphatic hydroxyl groups is 1. The van der Waals surface area contributed by atoms with Crippen LogP contribution in [-0.4, -0.2) is 39.8 Å². The number of nitrogens with zero attached hydrogens (tertiary/aromatic N) is 1. The first-order valence-electron chi connectivity index (χ1n) is 11.8. The zero-order valence-corrected chi connectivity index (χ0v) is 21.3. The Bertz CT molecular complexity index is 1450. The van der Waals surface area contributed by atoms with Crippen LogP contribution in [0.2, 0.25) is 0 Å². The van der Waals surface area contributed by atoms with Gasteiger partial charge in [-0.25, -0.2) is 0 Å². The van der Waals surface area contributed by atoms with E-state index in [4.69, 9.17) is 4.74 Å². The molecule has 1 aromatic heterocycles. The molecular formula is C29H25BrN2O4. The number of aliphatic hydroxyl groups excluding tert-OH is 1. The van der Waals surface area contributed by atoms with Crippen LogP contribution in [-0.2, 0) is 16.0 Å². The van der Waals surface area contributed by atoms with E-state index in [0.29, 0.717) is 30.9 Å². The van der Waals surface area contributed by atoms with Crippen LogP contribution in [0.3, 0.4) is 0 Å². The van der Waals surface area contributed by atoms with E-state index in [0.717, 1.165) is 26.5 Å². The van der Waals surface area contributed by atoms with E-state index in [9.17, 15) is 14.7 Å². The molecule has 36 heavy (non-hydrogen) atoms. The lowest BCUT2D eigenvalue weighted by Crippen LogP contribution is -2.31. The Morgan fingerprint density at radius 3 is 2.47 bits per heavy atom. The number of aromatic amines is 1. The SMILES string of the molecule is CCOc1ccc(/C(O)=C2\C(=O)C(=O)N(CCc3c[nH]c4ccccc34)C2c2ccc(Br)cc2)cc1. The highest BCUT2D eigenvalue weighted by Crippen LogP contribution is 2.40. The zero-order chi connectivity index (χ0) is 25.2. The van der Waals surface area contributed by atoms with Crippen LogP contribution in [0.5, 0.6) is 5.75 Å². The van der Waals surface area contributed by atoms with Gasteiger partial charge in [0, 0.05) is 33.7 Å². The second-order valence-corrected chi connectivity index (χ2v) is 9.53. The standard InChI is InChI=1S/C29H25BrN2O4/c1-2-36-22-13-9-19(10-14-22)27(33)25-26(18-7-11-21(30)12-8-18)32(29(35)28(25)34)16-15-20-17-31-24-6-4-3-5-23(20)24/h3-14,17,26,31,33H,2,15-16H2,1H3/b27-25+. The summed E-state index contributed by atoms with van der Waals surface area (Å²) in [6.45, 7) is 2.74. The van der Waals surface area contributed by atoms with Crippen molar-refractivity contribution in [2.24, 2.45) is 0 Å². The number of Topliss-reactive ketones (excluding diaryl/α,β-unsaturated/α-hetero) is 1. The first-order valence-corrected chi connectivity index (χ1v) is 12.6. The maximum atomic E-state index is 13.3. The number of rotatable bonds is 7. The van der Waals surface area contributed by atoms with E-state index in [2.05, 4.69) is 20.9 Å². The van der Waals surface area contributed by atoms with Crippen molar-refractivity contribution in [3.05, 3.63) is 106 Å². The average Bonchev–Trinajstić information content (AvgIpc) is 3.42. The number of fused-ring (bicyclic) bond motifs is 1. The Labute approximate surface area is 217 Å². The van der Waals surface area contributed by atoms with Crippen LogP contribution in [0.4, 0.5) is 0 Å². The molecule has 2 heterocycles. The summed E-state index contributed by atoms with van der Waals surface area (Å²) in [5, 5.41) is 12.3. The van der Waals surface area contributed by atoms with Gasteiger partial charge in [0.2, 0.25) is 0 Å². The Hall–Kier alpha value is -3.84. The Kier molecular flexibility index (Phi) is 6.65. The summed E-state index contributed by atoms with van der Waals surface area (Å²) < 4.78 is 6.37. The molecule has 1 aliphatic rings. The first kappa shape index (κ1) is 23.9. The Morgan fingerprint density at radius 2 is 1.75 bits per heavy atom. The van der Waals surface area contributed by atoms with Crippen LogP contribution in [0, 0.1) is 0 Å². The molecule has 2 N–H and O–H groups in total. The predicted molar refractivity (Wildman–Crippen MR) is 143 cm³/mol. The molecule has 0 radical (unpaired) electrons. The minimum atomic E-state index is -0.699. The maximum Gasteiger partial charge on any atom is 0.295 e. The predicted octanol–water partition coefficient (Wildman–Crippen LogP) is 5.99. The molecule has 1 atom stereocenters. The number of benzene rings is 3. The van der Waals surface area contributed by atoms with Crippen molar-refractivity contribution < 1.29 is 19.4 Å². The van der Waals surface area contributed by atoms with E-state index >= 15 is 0 Å². The smallest absolute Gasteiger partial charge is 0.295 e. The fraction of sp³-hybridized carbons (Fsp3) is 0.172. The molecule has 1 fully saturated rings. The molecule has 1 amide bonds. The highest BCUT2D eigenvalue weighted by Gasteiger charge is 2.45. The van der Waals surface area contributed by atoms with Gasteiger partial charge in [-0.05, 0) is 66.9 Å². The third-order valence-electron chi connectivity index (χ3n) is 6.46. The molecule has 1 saturated heterocycles. The Morgan fingerprint density at radius 1 is 1.03 bits per heavy atom. The molecule has 182 valence electrons. The normalized spacial score (nSPS) is 17.2. The molecule has 6 nitrogen and oxygen atoms in total. The number of aromatic nitrogens is 1. The number of hydrogen-bond donors (Lipinski definition) is 2. The average molecular weight is 545 g/mol. The molecule has 3 aromatic carbocycles. The molecule has 0 saturated carbocycles. The number of carbonyl (C=O) groups excluding carboxylic acids is 2. The summed E-state index contributed by atoms with van der Waals surface area (Å²) in [7, 11) is 0. The van der Waals surface area contributed by atoms with Crippen LogP contribution in [0.15, 0.2) is 89.0 Å². The van der Waals surface area contributed by atoms with Crippen molar-refractivity contribution in [3.8, 4) is 5.75 Å². The molecule has 7 heteroatoms. The van der Waals surface area contributed by atoms with Gasteiger partial charge in [0.15, 0.2) is 0 Å². The largest absolute Gasteiger partial charge is 0.507 e. The van der Waals surface area contributed by atoms with E-state index in [-0.39, 0.29) is 11.3 Å². The lowest BCUT2D eigenvalue weighted by Gasteiger charge is -2.25. The number of ether oxygens (including phenoxy) is 1. The minimum Gasteiger partial charge on any atom is -0.507 e. The summed E-state index contributed by atoms with van der Waals surface area (Å²) in [4.78, 5) is 31.4. The fourth-order valence-electron chi connectivity index (χ4n) is 4.71. The fourth-order valence-corrected chi connectivity index (χ4v) is 4.98. The number of ketones is 1. The summed E-state index contributed by atoms with van der Waals surface area (Å²) in [6, 6.07) is 21.6. The third kappa shape index (κ3) is 4.42. The molecule has 1 unspecified atom stereocenters. The maximum absolute atomic E-state index is 13.3. The van der Waals surface area contributed by atoms with Crippen molar-refractivity contribution in [2.45, 2.75) is 19.4 Å². The number of amides is 1. The van der Waals surface area contributed by atoms with Gasteiger partial charge < -0.3 is 19.7 Å². The van der Waals surface area contributed by atoms with Gasteiger partial charge in [-0.15, -0.1) is 0 Å². The summed E-state index contributed by atoms with van der Waals surface area (Å²) >= 11 is 3.45.